The monoisotopic (exact) mass is 428 g/mol. The molecule has 0 aliphatic carbocycles. The quantitative estimate of drug-likeness (QED) is 0.640. The first-order valence-electron chi connectivity index (χ1n) is 10.5. The largest absolute Gasteiger partial charge is 0.478 e. The van der Waals surface area contributed by atoms with E-state index >= 15 is 0 Å². The van der Waals surface area contributed by atoms with Crippen LogP contribution in [0.1, 0.15) is 52.6 Å². The van der Waals surface area contributed by atoms with E-state index in [0.29, 0.717) is 12.0 Å². The topological polar surface area (TPSA) is 77.9 Å². The Labute approximate surface area is 186 Å². The van der Waals surface area contributed by atoms with Crippen molar-refractivity contribution < 1.29 is 19.5 Å². The molecule has 6 nitrogen and oxygen atoms in total. The number of fused-ring (bicyclic) bond motifs is 1. The second-order valence-electron chi connectivity index (χ2n) is 7.94. The highest BCUT2D eigenvalue weighted by Crippen LogP contribution is 2.42. The van der Waals surface area contributed by atoms with Crippen LogP contribution >= 0.6 is 0 Å². The molecule has 1 aliphatic heterocycles. The van der Waals surface area contributed by atoms with Gasteiger partial charge in [0.05, 0.1) is 11.6 Å². The van der Waals surface area contributed by atoms with Crippen LogP contribution in [0.15, 0.2) is 78.9 Å². The Morgan fingerprint density at radius 3 is 2.09 bits per heavy atom. The van der Waals surface area contributed by atoms with Gasteiger partial charge in [0.1, 0.15) is 0 Å². The van der Waals surface area contributed by atoms with Crippen LogP contribution in [0.3, 0.4) is 0 Å². The average molecular weight is 428 g/mol. The van der Waals surface area contributed by atoms with Gasteiger partial charge in [0.15, 0.2) is 0 Å². The van der Waals surface area contributed by atoms with E-state index in [-0.39, 0.29) is 29.5 Å². The number of carbonyl (C=O) groups is 3. The van der Waals surface area contributed by atoms with Gasteiger partial charge in [-0.05, 0) is 61.4 Å². The molecule has 0 saturated heterocycles. The molecule has 0 unspecified atom stereocenters. The summed E-state index contributed by atoms with van der Waals surface area (Å²) in [7, 11) is 0. The molecule has 0 spiro atoms. The van der Waals surface area contributed by atoms with Gasteiger partial charge in [0, 0.05) is 29.9 Å². The Bertz CT molecular complexity index is 1160. The zero-order valence-corrected chi connectivity index (χ0v) is 17.9. The fraction of sp³-hybridized carbons (Fsp3) is 0.192. The summed E-state index contributed by atoms with van der Waals surface area (Å²) in [5.41, 5.74) is 3.03. The number of anilines is 2. The van der Waals surface area contributed by atoms with Gasteiger partial charge in [0.2, 0.25) is 5.91 Å². The normalized spacial score (nSPS) is 17.4. The summed E-state index contributed by atoms with van der Waals surface area (Å²) in [6.07, 6.45) is 0.574. The molecule has 6 heteroatoms. The van der Waals surface area contributed by atoms with E-state index in [1.54, 1.807) is 28.9 Å². The van der Waals surface area contributed by atoms with Crippen LogP contribution in [0, 0.1) is 0 Å². The minimum absolute atomic E-state index is 0.0627. The number of benzene rings is 3. The van der Waals surface area contributed by atoms with Crippen LogP contribution in [0.2, 0.25) is 0 Å². The smallest absolute Gasteiger partial charge is 0.335 e. The lowest BCUT2D eigenvalue weighted by Crippen LogP contribution is -2.47. The number of para-hydroxylation sites is 2. The molecular formula is C26H24N2O4. The molecule has 0 aromatic heterocycles. The number of carboxylic acid groups (broad SMARTS) is 1. The van der Waals surface area contributed by atoms with Crippen LogP contribution in [0.4, 0.5) is 11.4 Å². The highest BCUT2D eigenvalue weighted by Gasteiger charge is 2.38. The number of hydrogen-bond acceptors (Lipinski definition) is 3. The van der Waals surface area contributed by atoms with Gasteiger partial charge in [-0.2, -0.15) is 0 Å². The van der Waals surface area contributed by atoms with Crippen molar-refractivity contribution in [3.8, 4) is 0 Å². The Morgan fingerprint density at radius 2 is 1.47 bits per heavy atom. The number of amides is 2. The third-order valence-electron chi connectivity index (χ3n) is 5.84. The van der Waals surface area contributed by atoms with E-state index in [2.05, 4.69) is 0 Å². The van der Waals surface area contributed by atoms with Gasteiger partial charge in [-0.1, -0.05) is 36.4 Å². The lowest BCUT2D eigenvalue weighted by molar-refractivity contribution is -0.117. The number of hydrogen-bond donors (Lipinski definition) is 1. The van der Waals surface area contributed by atoms with Gasteiger partial charge in [-0.15, -0.1) is 0 Å². The first-order valence-corrected chi connectivity index (χ1v) is 10.5. The van der Waals surface area contributed by atoms with Gasteiger partial charge in [0.25, 0.3) is 5.91 Å². The summed E-state index contributed by atoms with van der Waals surface area (Å²) in [4.78, 5) is 40.8. The summed E-state index contributed by atoms with van der Waals surface area (Å²) < 4.78 is 0. The standard InChI is InChI=1S/C26H24N2O4/c1-17-16-24(28(18(2)29)21-8-4-3-5-9-21)22-10-6-7-11-23(22)27(17)25(30)19-12-14-20(15-13-19)26(31)32/h3-15,17,24H,16H2,1-2H3,(H,31,32)/t17-,24+/m0/s1. The Morgan fingerprint density at radius 1 is 0.875 bits per heavy atom. The third kappa shape index (κ3) is 3.87. The van der Waals surface area contributed by atoms with Crippen molar-refractivity contribution in [1.82, 2.24) is 0 Å². The predicted molar refractivity (Wildman–Crippen MR) is 123 cm³/mol. The molecule has 32 heavy (non-hydrogen) atoms. The van der Waals surface area contributed by atoms with Crippen LogP contribution in [-0.2, 0) is 4.79 Å². The molecule has 1 N–H and O–H groups in total. The SMILES string of the molecule is CC(=O)N(c1ccccc1)[C@@H]1C[C@H](C)N(C(=O)c2ccc(C(=O)O)cc2)c2ccccc21. The first-order chi connectivity index (χ1) is 15.4. The Balaban J connectivity index is 1.74. The second-order valence-corrected chi connectivity index (χ2v) is 7.94. The van der Waals surface area contributed by atoms with Crippen LogP contribution in [0.5, 0.6) is 0 Å². The molecule has 2 atom stereocenters. The minimum Gasteiger partial charge on any atom is -0.478 e. The van der Waals surface area contributed by atoms with Crippen molar-refractivity contribution in [3.05, 3.63) is 95.6 Å². The van der Waals surface area contributed by atoms with Gasteiger partial charge < -0.3 is 14.9 Å². The van der Waals surface area contributed by atoms with E-state index in [1.165, 1.54) is 12.1 Å². The summed E-state index contributed by atoms with van der Waals surface area (Å²) >= 11 is 0. The van der Waals surface area contributed by atoms with Crippen molar-refractivity contribution in [1.29, 1.82) is 0 Å². The van der Waals surface area contributed by atoms with Gasteiger partial charge in [-0.25, -0.2) is 4.79 Å². The van der Waals surface area contributed by atoms with Gasteiger partial charge in [-0.3, -0.25) is 9.59 Å². The number of nitrogens with zero attached hydrogens (tertiary/aromatic N) is 2. The van der Waals surface area contributed by atoms with Crippen molar-refractivity contribution >= 4 is 29.2 Å². The molecule has 0 bridgehead atoms. The van der Waals surface area contributed by atoms with E-state index in [1.807, 2.05) is 61.5 Å². The highest BCUT2D eigenvalue weighted by atomic mass is 16.4. The summed E-state index contributed by atoms with van der Waals surface area (Å²) in [5, 5.41) is 9.13. The number of aromatic carboxylic acids is 1. The van der Waals surface area contributed by atoms with Crippen LogP contribution in [0.25, 0.3) is 0 Å². The minimum atomic E-state index is -1.03. The molecular weight excluding hydrogens is 404 g/mol. The lowest BCUT2D eigenvalue weighted by atomic mass is 9.89. The maximum atomic E-state index is 13.4. The van der Waals surface area contributed by atoms with Gasteiger partial charge >= 0.3 is 5.97 Å². The highest BCUT2D eigenvalue weighted by molar-refractivity contribution is 6.08. The molecule has 3 aromatic rings. The van der Waals surface area contributed by atoms with E-state index in [9.17, 15) is 14.4 Å². The summed E-state index contributed by atoms with van der Waals surface area (Å²) in [6, 6.07) is 22.8. The molecule has 1 aliphatic rings. The maximum Gasteiger partial charge on any atom is 0.335 e. The third-order valence-corrected chi connectivity index (χ3v) is 5.84. The van der Waals surface area contributed by atoms with Crippen molar-refractivity contribution in [2.24, 2.45) is 0 Å². The lowest BCUT2D eigenvalue weighted by Gasteiger charge is -2.43. The molecule has 3 aromatic carbocycles. The molecule has 0 radical (unpaired) electrons. The second kappa shape index (κ2) is 8.67. The maximum absolute atomic E-state index is 13.4. The average Bonchev–Trinajstić information content (AvgIpc) is 2.79. The van der Waals surface area contributed by atoms with Crippen molar-refractivity contribution in [2.45, 2.75) is 32.4 Å². The van der Waals surface area contributed by atoms with E-state index < -0.39 is 5.97 Å². The molecule has 162 valence electrons. The number of carbonyl (C=O) groups excluding carboxylic acids is 2. The van der Waals surface area contributed by atoms with Crippen molar-refractivity contribution in [2.75, 3.05) is 9.80 Å². The number of carboxylic acids is 1. The summed E-state index contributed by atoms with van der Waals surface area (Å²) in [5.74, 6) is -1.30. The van der Waals surface area contributed by atoms with Crippen molar-refractivity contribution in [3.63, 3.8) is 0 Å². The van der Waals surface area contributed by atoms with Crippen LogP contribution < -0.4 is 9.80 Å². The first kappa shape index (κ1) is 21.3. The zero-order chi connectivity index (χ0) is 22.8. The Hall–Kier alpha value is -3.93. The summed E-state index contributed by atoms with van der Waals surface area (Å²) in [6.45, 7) is 3.53. The molecule has 0 fully saturated rings. The Kier molecular flexibility index (Phi) is 5.77. The molecule has 1 heterocycles. The molecule has 2 amide bonds. The van der Waals surface area contributed by atoms with Crippen LogP contribution in [-0.4, -0.2) is 28.9 Å². The fourth-order valence-electron chi connectivity index (χ4n) is 4.40. The molecule has 0 saturated carbocycles. The number of rotatable bonds is 4. The zero-order valence-electron chi connectivity index (χ0n) is 17.9. The molecule has 4 rings (SSSR count). The predicted octanol–water partition coefficient (Wildman–Crippen LogP) is 4.92. The van der Waals surface area contributed by atoms with E-state index in [4.69, 9.17) is 5.11 Å². The van der Waals surface area contributed by atoms with E-state index in [0.717, 1.165) is 16.9 Å². The fourth-order valence-corrected chi connectivity index (χ4v) is 4.40.